The zero-order chi connectivity index (χ0) is 22.6. The lowest BCUT2D eigenvalue weighted by Gasteiger charge is -2.13. The van der Waals surface area contributed by atoms with Gasteiger partial charge < -0.3 is 10.6 Å². The fourth-order valence-electron chi connectivity index (χ4n) is 2.88. The van der Waals surface area contributed by atoms with Crippen LogP contribution in [0.4, 0.5) is 27.5 Å². The Kier molecular flexibility index (Phi) is 6.21. The molecule has 3 aromatic carbocycles. The second-order valence-corrected chi connectivity index (χ2v) is 8.43. The molecule has 0 saturated heterocycles. The molecule has 2 amide bonds. The number of benzene rings is 3. The highest BCUT2D eigenvalue weighted by Crippen LogP contribution is 2.27. The third-order valence-electron chi connectivity index (χ3n) is 4.51. The summed E-state index contributed by atoms with van der Waals surface area (Å²) in [7, 11) is -4.10. The maximum absolute atomic E-state index is 12.9. The molecule has 0 radical (unpaired) electrons. The molecule has 9 nitrogen and oxygen atoms in total. The van der Waals surface area contributed by atoms with Gasteiger partial charge in [0.05, 0.1) is 15.5 Å². The molecule has 31 heavy (non-hydrogen) atoms. The van der Waals surface area contributed by atoms with Gasteiger partial charge in [0, 0.05) is 23.5 Å². The number of nitrogens with zero attached hydrogens (tertiary/aromatic N) is 1. The van der Waals surface area contributed by atoms with Crippen molar-refractivity contribution >= 4 is 38.8 Å². The Hall–Kier alpha value is -3.92. The summed E-state index contributed by atoms with van der Waals surface area (Å²) in [4.78, 5) is 22.5. The minimum atomic E-state index is -4.10. The van der Waals surface area contributed by atoms with Crippen LogP contribution in [0.1, 0.15) is 11.1 Å². The maximum Gasteiger partial charge on any atom is 0.323 e. The van der Waals surface area contributed by atoms with Gasteiger partial charge in [-0.25, -0.2) is 13.2 Å². The molecule has 10 heteroatoms. The van der Waals surface area contributed by atoms with E-state index in [1.807, 2.05) is 6.07 Å². The smallest absolute Gasteiger partial charge is 0.308 e. The zero-order valence-electron chi connectivity index (χ0n) is 16.7. The van der Waals surface area contributed by atoms with Crippen LogP contribution >= 0.6 is 0 Å². The third kappa shape index (κ3) is 5.37. The summed E-state index contributed by atoms with van der Waals surface area (Å²) in [5.41, 5.74) is 1.75. The second kappa shape index (κ2) is 8.84. The fraction of sp³-hybridized carbons (Fsp3) is 0.0952. The summed E-state index contributed by atoms with van der Waals surface area (Å²) in [5, 5.41) is 16.4. The number of amides is 2. The molecule has 0 fully saturated rings. The van der Waals surface area contributed by atoms with Crippen molar-refractivity contribution in [2.45, 2.75) is 18.7 Å². The van der Waals surface area contributed by atoms with E-state index in [4.69, 9.17) is 0 Å². The number of anilines is 3. The third-order valence-corrected chi connectivity index (χ3v) is 6.02. The lowest BCUT2D eigenvalue weighted by atomic mass is 10.1. The van der Waals surface area contributed by atoms with Gasteiger partial charge in [-0.05, 0) is 55.3 Å². The number of hydrogen-bond acceptors (Lipinski definition) is 5. The van der Waals surface area contributed by atoms with E-state index >= 15 is 0 Å². The number of nitro groups is 1. The Bertz CT molecular complexity index is 1240. The van der Waals surface area contributed by atoms with Gasteiger partial charge in [0.25, 0.3) is 15.7 Å². The monoisotopic (exact) mass is 440 g/mol. The minimum Gasteiger partial charge on any atom is -0.308 e. The molecule has 0 aliphatic carbocycles. The number of carbonyl (C=O) groups excluding carboxylic acids is 1. The number of non-ortho nitro benzene ring substituents is 1. The highest BCUT2D eigenvalue weighted by Gasteiger charge is 2.22. The highest BCUT2D eigenvalue weighted by molar-refractivity contribution is 7.92. The van der Waals surface area contributed by atoms with E-state index in [9.17, 15) is 23.3 Å². The molecule has 160 valence electrons. The number of nitro benzene ring substituents is 1. The van der Waals surface area contributed by atoms with Crippen LogP contribution in [0.3, 0.4) is 0 Å². The van der Waals surface area contributed by atoms with Crippen molar-refractivity contribution in [3.8, 4) is 0 Å². The van der Waals surface area contributed by atoms with Crippen molar-refractivity contribution in [1.29, 1.82) is 0 Å². The average Bonchev–Trinajstić information content (AvgIpc) is 2.70. The van der Waals surface area contributed by atoms with Crippen LogP contribution in [0.2, 0.25) is 0 Å². The SMILES string of the molecule is Cc1cc([N+](=O)[O-])cc(S(=O)(=O)Nc2cccc(NC(=O)Nc3ccccc3)c2)c1C. The molecule has 3 rings (SSSR count). The molecular formula is C21H20N4O5S. The molecule has 3 N–H and O–H groups in total. The quantitative estimate of drug-likeness (QED) is 0.379. The second-order valence-electron chi connectivity index (χ2n) is 6.77. The molecule has 3 aromatic rings. The Morgan fingerprint density at radius 1 is 0.871 bits per heavy atom. The van der Waals surface area contributed by atoms with E-state index in [-0.39, 0.29) is 16.3 Å². The van der Waals surface area contributed by atoms with Crippen LogP contribution < -0.4 is 15.4 Å². The fourth-order valence-corrected chi connectivity index (χ4v) is 4.27. The average molecular weight is 440 g/mol. The van der Waals surface area contributed by atoms with Crippen LogP contribution in [-0.4, -0.2) is 19.4 Å². The van der Waals surface area contributed by atoms with Gasteiger partial charge in [-0.1, -0.05) is 24.3 Å². The summed E-state index contributed by atoms with van der Waals surface area (Å²) in [6.45, 7) is 3.19. The first-order chi connectivity index (χ1) is 14.7. The molecule has 0 saturated carbocycles. The lowest BCUT2D eigenvalue weighted by Crippen LogP contribution is -2.19. The molecule has 0 heterocycles. The molecule has 0 bridgehead atoms. The number of para-hydroxylation sites is 1. The summed E-state index contributed by atoms with van der Waals surface area (Å²) in [6.07, 6.45) is 0. The van der Waals surface area contributed by atoms with E-state index in [1.165, 1.54) is 18.2 Å². The van der Waals surface area contributed by atoms with Crippen molar-refractivity contribution in [3.63, 3.8) is 0 Å². The molecular weight excluding hydrogens is 420 g/mol. The van der Waals surface area contributed by atoms with Gasteiger partial charge in [0.2, 0.25) is 0 Å². The maximum atomic E-state index is 12.9. The molecule has 0 aliphatic rings. The van der Waals surface area contributed by atoms with Crippen LogP contribution in [-0.2, 0) is 10.0 Å². The standard InChI is InChI=1S/C21H20N4O5S/c1-14-11-19(25(27)28)13-20(15(14)2)31(29,30)24-18-10-6-9-17(12-18)23-21(26)22-16-7-4-3-5-8-16/h3-13,24H,1-2H3,(H2,22,23,26). The lowest BCUT2D eigenvalue weighted by molar-refractivity contribution is -0.385. The van der Waals surface area contributed by atoms with Gasteiger partial charge in [0.15, 0.2) is 0 Å². The van der Waals surface area contributed by atoms with Crippen LogP contribution in [0.25, 0.3) is 0 Å². The summed E-state index contributed by atoms with van der Waals surface area (Å²) < 4.78 is 28.2. The first kappa shape index (κ1) is 21.8. The van der Waals surface area contributed by atoms with E-state index in [0.717, 1.165) is 6.07 Å². The van der Waals surface area contributed by atoms with Crippen molar-refractivity contribution < 1.29 is 18.1 Å². The summed E-state index contributed by atoms with van der Waals surface area (Å²) >= 11 is 0. The minimum absolute atomic E-state index is 0.181. The number of urea groups is 1. The number of hydrogen-bond donors (Lipinski definition) is 3. The summed E-state index contributed by atoms with van der Waals surface area (Å²) in [5.74, 6) is 0. The van der Waals surface area contributed by atoms with Crippen LogP contribution in [0.15, 0.2) is 71.6 Å². The van der Waals surface area contributed by atoms with Gasteiger partial charge in [0.1, 0.15) is 0 Å². The van der Waals surface area contributed by atoms with Crippen molar-refractivity contribution in [1.82, 2.24) is 0 Å². The number of aryl methyl sites for hydroxylation is 1. The summed E-state index contributed by atoms with van der Waals surface area (Å²) in [6, 6.07) is 16.8. The Balaban J connectivity index is 1.80. The van der Waals surface area contributed by atoms with Crippen LogP contribution in [0.5, 0.6) is 0 Å². The number of nitrogens with one attached hydrogen (secondary N) is 3. The Morgan fingerprint density at radius 2 is 1.48 bits per heavy atom. The predicted molar refractivity (Wildman–Crippen MR) is 119 cm³/mol. The zero-order valence-corrected chi connectivity index (χ0v) is 17.6. The molecule has 0 aromatic heterocycles. The van der Waals surface area contributed by atoms with E-state index < -0.39 is 21.0 Å². The first-order valence-electron chi connectivity index (χ1n) is 9.17. The van der Waals surface area contributed by atoms with Crippen LogP contribution in [0, 0.1) is 24.0 Å². The first-order valence-corrected chi connectivity index (χ1v) is 10.7. The molecule has 0 spiro atoms. The predicted octanol–water partition coefficient (Wildman–Crippen LogP) is 4.66. The van der Waals surface area contributed by atoms with Gasteiger partial charge in [-0.3, -0.25) is 14.8 Å². The van der Waals surface area contributed by atoms with Gasteiger partial charge in [-0.2, -0.15) is 0 Å². The largest absolute Gasteiger partial charge is 0.323 e. The number of sulfonamides is 1. The Labute approximate surface area is 179 Å². The van der Waals surface area contributed by atoms with Crippen molar-refractivity contribution in [2.75, 3.05) is 15.4 Å². The molecule has 0 unspecified atom stereocenters. The Morgan fingerprint density at radius 3 is 2.16 bits per heavy atom. The number of carbonyl (C=O) groups is 1. The van der Waals surface area contributed by atoms with Crippen molar-refractivity contribution in [2.24, 2.45) is 0 Å². The normalized spacial score (nSPS) is 10.9. The topological polar surface area (TPSA) is 130 Å². The van der Waals surface area contributed by atoms with Crippen molar-refractivity contribution in [3.05, 3.63) is 88.0 Å². The molecule has 0 aliphatic heterocycles. The van der Waals surface area contributed by atoms with E-state index in [2.05, 4.69) is 15.4 Å². The van der Waals surface area contributed by atoms with Gasteiger partial charge in [-0.15, -0.1) is 0 Å². The highest BCUT2D eigenvalue weighted by atomic mass is 32.2. The van der Waals surface area contributed by atoms with E-state index in [0.29, 0.717) is 22.5 Å². The van der Waals surface area contributed by atoms with Gasteiger partial charge >= 0.3 is 6.03 Å². The number of rotatable bonds is 6. The van der Waals surface area contributed by atoms with E-state index in [1.54, 1.807) is 50.2 Å². The molecule has 0 atom stereocenters.